The highest BCUT2D eigenvalue weighted by Crippen LogP contribution is 2.51. The fourth-order valence-corrected chi connectivity index (χ4v) is 4.72. The van der Waals surface area contributed by atoms with Crippen molar-refractivity contribution in [2.24, 2.45) is 0 Å². The first-order chi connectivity index (χ1) is 14.8. The maximum atomic E-state index is 11.7. The van der Waals surface area contributed by atoms with Gasteiger partial charge in [-0.05, 0) is 24.3 Å². The van der Waals surface area contributed by atoms with E-state index in [2.05, 4.69) is 0 Å². The first kappa shape index (κ1) is 21.1. The van der Waals surface area contributed by atoms with Gasteiger partial charge < -0.3 is 30.3 Å². The van der Waals surface area contributed by atoms with Crippen molar-refractivity contribution in [2.45, 2.75) is 57.7 Å². The third-order valence-corrected chi connectivity index (χ3v) is 6.16. The van der Waals surface area contributed by atoms with Gasteiger partial charge in [-0.1, -0.05) is 51.0 Å². The second-order valence-electron chi connectivity index (χ2n) is 8.36. The van der Waals surface area contributed by atoms with Gasteiger partial charge >= 0.3 is 0 Å². The Morgan fingerprint density at radius 2 is 1.65 bits per heavy atom. The zero-order valence-electron chi connectivity index (χ0n) is 17.7. The fourth-order valence-electron chi connectivity index (χ4n) is 4.72. The number of hydrogen-bond donors (Lipinski definition) is 5. The molecule has 0 bridgehead atoms. The Hall–Kier alpha value is -3.12. The topological polar surface area (TPSA) is 110 Å². The molecule has 0 aliphatic carbocycles. The molecule has 1 heterocycles. The number of aliphatic hydroxyl groups is 1. The van der Waals surface area contributed by atoms with Gasteiger partial charge in [0.05, 0.1) is 0 Å². The summed E-state index contributed by atoms with van der Waals surface area (Å²) in [5, 5.41) is 54.8. The molecule has 0 fully saturated rings. The second kappa shape index (κ2) is 7.85. The summed E-state index contributed by atoms with van der Waals surface area (Å²) in [5.74, 6) is -0.309. The minimum Gasteiger partial charge on any atom is -0.507 e. The van der Waals surface area contributed by atoms with Crippen LogP contribution in [0.4, 0.5) is 0 Å². The van der Waals surface area contributed by atoms with Crippen LogP contribution in [0.25, 0.3) is 10.8 Å². The Labute approximate surface area is 181 Å². The SMILES string of the molecule is CCCc1c(O)cc2c(c1O)C[C@](O)(CCC)[C@@H](c1cc(O)c(O)c3ccccc13)O2. The molecule has 0 aromatic heterocycles. The lowest BCUT2D eigenvalue weighted by atomic mass is 9.77. The highest BCUT2D eigenvalue weighted by atomic mass is 16.5. The van der Waals surface area contributed by atoms with Crippen molar-refractivity contribution < 1.29 is 30.3 Å². The van der Waals surface area contributed by atoms with E-state index in [1.165, 1.54) is 12.1 Å². The number of rotatable bonds is 5. The second-order valence-corrected chi connectivity index (χ2v) is 8.36. The predicted octanol–water partition coefficient (Wildman–Crippen LogP) is 4.82. The summed E-state index contributed by atoms with van der Waals surface area (Å²) in [6, 6.07) is 9.96. The maximum absolute atomic E-state index is 11.7. The summed E-state index contributed by atoms with van der Waals surface area (Å²) < 4.78 is 6.22. The van der Waals surface area contributed by atoms with Crippen LogP contribution in [0.3, 0.4) is 0 Å². The van der Waals surface area contributed by atoms with Crippen LogP contribution in [0.15, 0.2) is 36.4 Å². The lowest BCUT2D eigenvalue weighted by molar-refractivity contribution is -0.0822. The lowest BCUT2D eigenvalue weighted by Gasteiger charge is -2.42. The molecule has 1 aliphatic heterocycles. The Bertz CT molecular complexity index is 1140. The quantitative estimate of drug-likeness (QED) is 0.376. The third-order valence-electron chi connectivity index (χ3n) is 6.16. The molecule has 0 spiro atoms. The van der Waals surface area contributed by atoms with Crippen LogP contribution in [0.5, 0.6) is 28.7 Å². The molecule has 0 unspecified atom stereocenters. The molecular formula is C25H28O6. The average molecular weight is 424 g/mol. The Kier molecular flexibility index (Phi) is 5.35. The van der Waals surface area contributed by atoms with Crippen LogP contribution in [0, 0.1) is 0 Å². The molecule has 0 radical (unpaired) electrons. The van der Waals surface area contributed by atoms with E-state index in [0.29, 0.717) is 52.5 Å². The molecule has 2 atom stereocenters. The first-order valence-electron chi connectivity index (χ1n) is 10.7. The number of phenols is 4. The summed E-state index contributed by atoms with van der Waals surface area (Å²) in [4.78, 5) is 0. The molecule has 4 rings (SSSR count). The molecule has 3 aromatic carbocycles. The van der Waals surface area contributed by atoms with E-state index in [4.69, 9.17) is 4.74 Å². The number of benzene rings is 3. The van der Waals surface area contributed by atoms with Crippen molar-refractivity contribution in [2.75, 3.05) is 0 Å². The summed E-state index contributed by atoms with van der Waals surface area (Å²) in [6.45, 7) is 3.91. The van der Waals surface area contributed by atoms with Crippen LogP contribution in [-0.4, -0.2) is 31.1 Å². The summed E-state index contributed by atoms with van der Waals surface area (Å²) in [5.41, 5.74) is 0.103. The molecule has 1 aliphatic rings. The van der Waals surface area contributed by atoms with Gasteiger partial charge in [0.1, 0.15) is 22.8 Å². The van der Waals surface area contributed by atoms with Crippen molar-refractivity contribution in [1.82, 2.24) is 0 Å². The summed E-state index contributed by atoms with van der Waals surface area (Å²) in [7, 11) is 0. The summed E-state index contributed by atoms with van der Waals surface area (Å²) >= 11 is 0. The van der Waals surface area contributed by atoms with Gasteiger partial charge in [0.2, 0.25) is 0 Å². The van der Waals surface area contributed by atoms with E-state index in [9.17, 15) is 25.5 Å². The van der Waals surface area contributed by atoms with E-state index >= 15 is 0 Å². The van der Waals surface area contributed by atoms with Crippen molar-refractivity contribution in [3.8, 4) is 28.7 Å². The standard InChI is InChI=1S/C25H28O6/c1-3-7-16-19(26)12-21-18(22(16)28)13-25(30,10-4-2)24(31-21)17-11-20(27)23(29)15-9-6-5-8-14(15)17/h5-6,8-9,11-12,24,26-30H,3-4,7,10,13H2,1-2H3/t24-,25-/m1/s1. The Morgan fingerprint density at radius 3 is 2.32 bits per heavy atom. The van der Waals surface area contributed by atoms with Gasteiger partial charge in [0.15, 0.2) is 17.6 Å². The lowest BCUT2D eigenvalue weighted by Crippen LogP contribution is -2.44. The molecule has 0 amide bonds. The normalized spacial score (nSPS) is 20.4. The zero-order valence-corrected chi connectivity index (χ0v) is 17.7. The van der Waals surface area contributed by atoms with Gasteiger partial charge in [-0.2, -0.15) is 0 Å². The molecule has 0 saturated carbocycles. The largest absolute Gasteiger partial charge is 0.507 e. The van der Waals surface area contributed by atoms with E-state index in [1.807, 2.05) is 19.9 Å². The van der Waals surface area contributed by atoms with E-state index in [-0.39, 0.29) is 29.4 Å². The molecule has 5 N–H and O–H groups in total. The first-order valence-corrected chi connectivity index (χ1v) is 10.7. The Balaban J connectivity index is 1.92. The molecule has 164 valence electrons. The van der Waals surface area contributed by atoms with Gasteiger partial charge in [0, 0.05) is 34.6 Å². The van der Waals surface area contributed by atoms with E-state index in [0.717, 1.165) is 6.42 Å². The number of ether oxygens (including phenoxy) is 1. The summed E-state index contributed by atoms with van der Waals surface area (Å²) in [6.07, 6.45) is 1.61. The van der Waals surface area contributed by atoms with Crippen LogP contribution in [0.2, 0.25) is 0 Å². The minimum atomic E-state index is -1.36. The van der Waals surface area contributed by atoms with Crippen molar-refractivity contribution in [1.29, 1.82) is 0 Å². The maximum Gasteiger partial charge on any atom is 0.165 e. The number of aromatic hydroxyl groups is 4. The third kappa shape index (κ3) is 3.41. The fraction of sp³-hybridized carbons (Fsp3) is 0.360. The molecule has 31 heavy (non-hydrogen) atoms. The van der Waals surface area contributed by atoms with Crippen molar-refractivity contribution >= 4 is 10.8 Å². The highest BCUT2D eigenvalue weighted by Gasteiger charge is 2.45. The highest BCUT2D eigenvalue weighted by molar-refractivity contribution is 5.93. The smallest absolute Gasteiger partial charge is 0.165 e. The molecule has 3 aromatic rings. The molecule has 0 saturated heterocycles. The van der Waals surface area contributed by atoms with E-state index < -0.39 is 11.7 Å². The number of fused-ring (bicyclic) bond motifs is 2. The molecule has 6 nitrogen and oxygen atoms in total. The van der Waals surface area contributed by atoms with Crippen LogP contribution in [0.1, 0.15) is 55.9 Å². The monoisotopic (exact) mass is 424 g/mol. The van der Waals surface area contributed by atoms with Crippen LogP contribution >= 0.6 is 0 Å². The number of hydrogen-bond acceptors (Lipinski definition) is 6. The number of phenolic OH excluding ortho intramolecular Hbond substituents is 4. The van der Waals surface area contributed by atoms with Crippen molar-refractivity contribution in [3.63, 3.8) is 0 Å². The van der Waals surface area contributed by atoms with Crippen LogP contribution < -0.4 is 4.74 Å². The zero-order chi connectivity index (χ0) is 22.3. The van der Waals surface area contributed by atoms with Gasteiger partial charge in [-0.15, -0.1) is 0 Å². The van der Waals surface area contributed by atoms with E-state index in [1.54, 1.807) is 18.2 Å². The van der Waals surface area contributed by atoms with Gasteiger partial charge in [-0.3, -0.25) is 0 Å². The van der Waals surface area contributed by atoms with Crippen LogP contribution in [-0.2, 0) is 12.8 Å². The molecule has 6 heteroatoms. The Morgan fingerprint density at radius 1 is 0.935 bits per heavy atom. The van der Waals surface area contributed by atoms with Crippen molar-refractivity contribution in [3.05, 3.63) is 53.1 Å². The molecular weight excluding hydrogens is 396 g/mol. The van der Waals surface area contributed by atoms with Gasteiger partial charge in [0.25, 0.3) is 0 Å². The predicted molar refractivity (Wildman–Crippen MR) is 118 cm³/mol. The average Bonchev–Trinajstić information content (AvgIpc) is 2.74. The minimum absolute atomic E-state index is 0.0387. The van der Waals surface area contributed by atoms with Gasteiger partial charge in [-0.25, -0.2) is 0 Å².